The van der Waals surface area contributed by atoms with Gasteiger partial charge in [0.25, 0.3) is 5.91 Å². The number of hydrogen-bond donors (Lipinski definition) is 1. The number of nitrogens with zero attached hydrogens (tertiary/aromatic N) is 3. The predicted molar refractivity (Wildman–Crippen MR) is 160 cm³/mol. The molecule has 2 aromatic carbocycles. The van der Waals surface area contributed by atoms with E-state index in [1.54, 1.807) is 18.2 Å². The number of carbonyl (C=O) groups is 1. The molecule has 1 unspecified atom stereocenters. The minimum Gasteiger partial charge on any atom is -0.493 e. The van der Waals surface area contributed by atoms with Crippen LogP contribution in [0.5, 0.6) is 11.5 Å². The summed E-state index contributed by atoms with van der Waals surface area (Å²) in [7, 11) is 1.35. The highest BCUT2D eigenvalue weighted by Crippen LogP contribution is 2.39. The van der Waals surface area contributed by atoms with Crippen LogP contribution in [0, 0.1) is 5.92 Å². The highest BCUT2D eigenvalue weighted by atomic mass is 32.2. The normalized spacial score (nSPS) is 20.4. The van der Waals surface area contributed by atoms with Gasteiger partial charge in [-0.1, -0.05) is 12.1 Å². The van der Waals surface area contributed by atoms with Crippen molar-refractivity contribution in [2.75, 3.05) is 46.4 Å². The molecule has 0 saturated carbocycles. The molecule has 7 nitrogen and oxygen atoms in total. The van der Waals surface area contributed by atoms with E-state index >= 15 is 0 Å². The Bertz CT molecular complexity index is 1450. The van der Waals surface area contributed by atoms with E-state index in [0.717, 1.165) is 45.3 Å². The molecule has 1 amide bonds. The first-order chi connectivity index (χ1) is 21.3. The maximum atomic E-state index is 13.5. The molecule has 3 aliphatic rings. The van der Waals surface area contributed by atoms with Crippen LogP contribution in [0.1, 0.15) is 42.0 Å². The Morgan fingerprint density at radius 2 is 1.71 bits per heavy atom. The van der Waals surface area contributed by atoms with Crippen LogP contribution in [0.2, 0.25) is 0 Å². The molecular formula is C31H34F6N4O3S. The number of hydrogen-bond acceptors (Lipinski definition) is 7. The van der Waals surface area contributed by atoms with E-state index < -0.39 is 35.6 Å². The van der Waals surface area contributed by atoms with E-state index in [1.807, 2.05) is 0 Å². The second kappa shape index (κ2) is 13.6. The van der Waals surface area contributed by atoms with Crippen LogP contribution in [-0.4, -0.2) is 73.3 Å². The Labute approximate surface area is 261 Å². The molecule has 3 heterocycles. The van der Waals surface area contributed by atoms with Gasteiger partial charge < -0.3 is 19.7 Å². The van der Waals surface area contributed by atoms with Crippen LogP contribution < -0.4 is 14.8 Å². The second-order valence-electron chi connectivity index (χ2n) is 11.2. The number of ether oxygens (including phenoxy) is 2. The summed E-state index contributed by atoms with van der Waals surface area (Å²) in [6, 6.07) is 6.56. The fraction of sp³-hybridized carbons (Fsp3) is 0.484. The monoisotopic (exact) mass is 656 g/mol. The number of nitrogens with one attached hydrogen (secondary N) is 1. The van der Waals surface area contributed by atoms with Gasteiger partial charge in [-0.25, -0.2) is 0 Å². The SMILES string of the molecule is COc1cc(C=C2SC(N3CCN(C(C)C4CCNCC4)CC3)=NC2=O)ccc1OCc1ccc(C(F)(F)F)cc1C(F)(F)F. The Morgan fingerprint density at radius 3 is 2.36 bits per heavy atom. The molecule has 1 atom stereocenters. The number of rotatable bonds is 7. The zero-order valence-corrected chi connectivity index (χ0v) is 25.6. The van der Waals surface area contributed by atoms with Gasteiger partial charge >= 0.3 is 12.4 Å². The fourth-order valence-electron chi connectivity index (χ4n) is 5.82. The fourth-order valence-corrected chi connectivity index (χ4v) is 6.79. The van der Waals surface area contributed by atoms with E-state index in [0.29, 0.717) is 33.7 Å². The van der Waals surface area contributed by atoms with Crippen molar-refractivity contribution in [1.82, 2.24) is 15.1 Å². The van der Waals surface area contributed by atoms with Crippen LogP contribution in [0.25, 0.3) is 6.08 Å². The van der Waals surface area contributed by atoms with Gasteiger partial charge in [-0.3, -0.25) is 9.69 Å². The number of amides is 1. The average Bonchev–Trinajstić information content (AvgIpc) is 3.39. The number of methoxy groups -OCH3 is 1. The summed E-state index contributed by atoms with van der Waals surface area (Å²) in [4.78, 5) is 22.1. The smallest absolute Gasteiger partial charge is 0.416 e. The lowest BCUT2D eigenvalue weighted by Gasteiger charge is -2.42. The molecule has 0 bridgehead atoms. The largest absolute Gasteiger partial charge is 0.493 e. The number of piperazine rings is 1. The topological polar surface area (TPSA) is 66.4 Å². The lowest BCUT2D eigenvalue weighted by molar-refractivity contribution is -0.143. The van der Waals surface area contributed by atoms with E-state index in [1.165, 1.54) is 37.8 Å². The maximum Gasteiger partial charge on any atom is 0.416 e. The Morgan fingerprint density at radius 1 is 1.00 bits per heavy atom. The Kier molecular flexibility index (Phi) is 10.0. The van der Waals surface area contributed by atoms with Crippen molar-refractivity contribution >= 4 is 28.9 Å². The van der Waals surface area contributed by atoms with Gasteiger partial charge in [-0.2, -0.15) is 31.3 Å². The van der Waals surface area contributed by atoms with Gasteiger partial charge in [-0.15, -0.1) is 0 Å². The number of halogens is 6. The molecule has 0 spiro atoms. The van der Waals surface area contributed by atoms with E-state index in [4.69, 9.17) is 9.47 Å². The van der Waals surface area contributed by atoms with Crippen molar-refractivity contribution in [1.29, 1.82) is 0 Å². The lowest BCUT2D eigenvalue weighted by atomic mass is 9.90. The van der Waals surface area contributed by atoms with Crippen LogP contribution in [0.4, 0.5) is 26.3 Å². The van der Waals surface area contributed by atoms with E-state index in [2.05, 4.69) is 27.0 Å². The zero-order valence-electron chi connectivity index (χ0n) is 24.8. The Hall–Kier alpha value is -3.23. The molecule has 0 aliphatic carbocycles. The summed E-state index contributed by atoms with van der Waals surface area (Å²) in [6.45, 7) is 7.13. The van der Waals surface area contributed by atoms with Crippen molar-refractivity contribution in [3.8, 4) is 11.5 Å². The number of aliphatic imine (C=N–C) groups is 1. The minimum atomic E-state index is -5.01. The molecule has 0 radical (unpaired) electrons. The predicted octanol–water partition coefficient (Wildman–Crippen LogP) is 6.29. The summed E-state index contributed by atoms with van der Waals surface area (Å²) in [5, 5.41) is 4.07. The molecule has 1 N–H and O–H groups in total. The van der Waals surface area contributed by atoms with Crippen molar-refractivity contribution in [2.24, 2.45) is 10.9 Å². The van der Waals surface area contributed by atoms with E-state index in [-0.39, 0.29) is 23.5 Å². The second-order valence-corrected chi connectivity index (χ2v) is 12.2. The standard InChI is InChI=1S/C31H34F6N4O3S/c1-19(21-7-9-38-10-8-21)40-11-13-41(14-12-40)29-39-28(42)27(45-29)16-20-3-6-25(26(15-20)43-2)44-18-22-4-5-23(30(32,33)34)17-24(22)31(35,36)37/h3-6,15-17,19,21,38H,7-14,18H2,1-2H3. The molecule has 244 valence electrons. The highest BCUT2D eigenvalue weighted by Gasteiger charge is 2.38. The van der Waals surface area contributed by atoms with Gasteiger partial charge in [0.1, 0.15) is 6.61 Å². The lowest BCUT2D eigenvalue weighted by Crippen LogP contribution is -2.53. The number of amidine groups is 1. The van der Waals surface area contributed by atoms with Gasteiger partial charge in [-0.05, 0) is 86.4 Å². The summed E-state index contributed by atoms with van der Waals surface area (Å²) < 4.78 is 90.5. The molecule has 45 heavy (non-hydrogen) atoms. The molecule has 2 aromatic rings. The molecule has 0 aromatic heterocycles. The highest BCUT2D eigenvalue weighted by molar-refractivity contribution is 8.18. The van der Waals surface area contributed by atoms with Crippen molar-refractivity contribution in [3.05, 3.63) is 63.6 Å². The van der Waals surface area contributed by atoms with Gasteiger partial charge in [0, 0.05) is 37.8 Å². The van der Waals surface area contributed by atoms with Gasteiger partial charge in [0.15, 0.2) is 16.7 Å². The third-order valence-electron chi connectivity index (χ3n) is 8.45. The number of alkyl halides is 6. The van der Waals surface area contributed by atoms with Gasteiger partial charge in [0.05, 0.1) is 23.1 Å². The summed E-state index contributed by atoms with van der Waals surface area (Å²) in [5.74, 6) is 0.594. The quantitative estimate of drug-likeness (QED) is 0.278. The third-order valence-corrected chi connectivity index (χ3v) is 9.49. The summed E-state index contributed by atoms with van der Waals surface area (Å²) in [6.07, 6.45) is -5.91. The van der Waals surface area contributed by atoms with Crippen LogP contribution in [0.15, 0.2) is 46.3 Å². The third kappa shape index (κ3) is 7.95. The Balaban J connectivity index is 1.21. The first kappa shape index (κ1) is 33.1. The van der Waals surface area contributed by atoms with Crippen molar-refractivity contribution in [2.45, 2.75) is 44.8 Å². The maximum absolute atomic E-state index is 13.5. The molecule has 14 heteroatoms. The van der Waals surface area contributed by atoms with Gasteiger partial charge in [0.2, 0.25) is 0 Å². The van der Waals surface area contributed by atoms with E-state index in [9.17, 15) is 31.1 Å². The molecular weight excluding hydrogens is 622 g/mol. The average molecular weight is 657 g/mol. The number of carbonyl (C=O) groups excluding carboxylic acids is 1. The molecule has 3 aliphatic heterocycles. The molecule has 2 saturated heterocycles. The molecule has 5 rings (SSSR count). The first-order valence-corrected chi connectivity index (χ1v) is 15.5. The van der Waals surface area contributed by atoms with Crippen LogP contribution >= 0.6 is 11.8 Å². The zero-order chi connectivity index (χ0) is 32.4. The number of benzene rings is 2. The van der Waals surface area contributed by atoms with Crippen molar-refractivity contribution in [3.63, 3.8) is 0 Å². The first-order valence-electron chi connectivity index (χ1n) is 14.6. The van der Waals surface area contributed by atoms with Crippen LogP contribution in [0.3, 0.4) is 0 Å². The number of piperidine rings is 1. The minimum absolute atomic E-state index is 0.0770. The van der Waals surface area contributed by atoms with Crippen molar-refractivity contribution < 1.29 is 40.6 Å². The summed E-state index contributed by atoms with van der Waals surface area (Å²) >= 11 is 1.29. The summed E-state index contributed by atoms with van der Waals surface area (Å²) in [5.41, 5.74) is -2.70. The number of thioether (sulfide) groups is 1. The van der Waals surface area contributed by atoms with Crippen LogP contribution in [-0.2, 0) is 23.8 Å². The molecule has 2 fully saturated rings.